The summed E-state index contributed by atoms with van der Waals surface area (Å²) < 4.78 is 13.1. The van der Waals surface area contributed by atoms with Gasteiger partial charge in [0.05, 0.1) is 12.3 Å². The third-order valence-electron chi connectivity index (χ3n) is 1.71. The summed E-state index contributed by atoms with van der Waals surface area (Å²) in [6.45, 7) is -0.310. The third-order valence-corrected chi connectivity index (χ3v) is 1.71. The van der Waals surface area contributed by atoms with E-state index in [9.17, 15) is 4.39 Å². The molecule has 0 aliphatic carbocycles. The van der Waals surface area contributed by atoms with E-state index in [0.29, 0.717) is 5.56 Å². The summed E-state index contributed by atoms with van der Waals surface area (Å²) in [5.74, 6) is -0.595. The molecule has 72 valence electrons. The van der Waals surface area contributed by atoms with Gasteiger partial charge in [0, 0.05) is 11.3 Å². The Morgan fingerprint density at radius 1 is 1.57 bits per heavy atom. The third kappa shape index (κ3) is 2.26. The number of hydrogen-bond acceptors (Lipinski definition) is 3. The van der Waals surface area contributed by atoms with E-state index in [1.165, 1.54) is 12.1 Å². The topological polar surface area (TPSA) is 72.3 Å². The van der Waals surface area contributed by atoms with E-state index in [0.717, 1.165) is 6.07 Å². The van der Waals surface area contributed by atoms with Gasteiger partial charge in [-0.25, -0.2) is 4.39 Å². The van der Waals surface area contributed by atoms with Gasteiger partial charge in [0.2, 0.25) is 0 Å². The summed E-state index contributed by atoms with van der Waals surface area (Å²) >= 11 is 0. The first-order chi connectivity index (χ1) is 6.54. The Hall–Kier alpha value is -1.49. The van der Waals surface area contributed by atoms with E-state index < -0.39 is 5.82 Å². The Bertz CT molecular complexity index is 379. The SMILES string of the molecule is [B]c1cc(F)c(N)c(/C=C(\N)CO)c1. The number of aliphatic hydroxyl groups excluding tert-OH is 1. The van der Waals surface area contributed by atoms with Gasteiger partial charge in [-0.15, -0.1) is 0 Å². The Morgan fingerprint density at radius 3 is 2.79 bits per heavy atom. The molecule has 0 unspecified atom stereocenters. The monoisotopic (exact) mass is 192 g/mol. The summed E-state index contributed by atoms with van der Waals surface area (Å²) in [5, 5.41) is 8.67. The Kier molecular flexibility index (Phi) is 3.14. The second kappa shape index (κ2) is 4.15. The molecule has 2 radical (unpaired) electrons. The fourth-order valence-corrected chi connectivity index (χ4v) is 1.03. The first-order valence-electron chi connectivity index (χ1n) is 3.96. The highest BCUT2D eigenvalue weighted by molar-refractivity contribution is 6.32. The number of rotatable bonds is 2. The smallest absolute Gasteiger partial charge is 0.146 e. The number of nitrogens with two attached hydrogens (primary N) is 2. The summed E-state index contributed by atoms with van der Waals surface area (Å²) in [6.07, 6.45) is 1.38. The Morgan fingerprint density at radius 2 is 2.21 bits per heavy atom. The van der Waals surface area contributed by atoms with E-state index in [1.54, 1.807) is 0 Å². The van der Waals surface area contributed by atoms with Crippen molar-refractivity contribution in [2.45, 2.75) is 0 Å². The molecular formula is C9H10BFN2O. The lowest BCUT2D eigenvalue weighted by Crippen LogP contribution is -2.09. The molecule has 0 heterocycles. The minimum atomic E-state index is -0.595. The fourth-order valence-electron chi connectivity index (χ4n) is 1.03. The molecule has 0 saturated heterocycles. The number of hydrogen-bond donors (Lipinski definition) is 3. The fraction of sp³-hybridized carbons (Fsp3) is 0.111. The lowest BCUT2D eigenvalue weighted by molar-refractivity contribution is 0.331. The van der Waals surface area contributed by atoms with Crippen LogP contribution >= 0.6 is 0 Å². The highest BCUT2D eigenvalue weighted by Gasteiger charge is 2.04. The van der Waals surface area contributed by atoms with Crippen LogP contribution in [0.4, 0.5) is 10.1 Å². The summed E-state index contributed by atoms with van der Waals surface area (Å²) in [6, 6.07) is 2.61. The van der Waals surface area contributed by atoms with Crippen LogP contribution < -0.4 is 16.9 Å². The maximum absolute atomic E-state index is 13.1. The average molecular weight is 192 g/mol. The van der Waals surface area contributed by atoms with Crippen LogP contribution in [0.2, 0.25) is 0 Å². The van der Waals surface area contributed by atoms with Crippen molar-refractivity contribution in [3.05, 3.63) is 29.2 Å². The number of benzene rings is 1. The van der Waals surface area contributed by atoms with Gasteiger partial charge in [0.25, 0.3) is 0 Å². The van der Waals surface area contributed by atoms with E-state index >= 15 is 0 Å². The van der Waals surface area contributed by atoms with Crippen molar-refractivity contribution >= 4 is 25.1 Å². The predicted octanol–water partition coefficient (Wildman–Crippen LogP) is -0.506. The van der Waals surface area contributed by atoms with Gasteiger partial charge in [-0.2, -0.15) is 0 Å². The van der Waals surface area contributed by atoms with Crippen molar-refractivity contribution in [2.75, 3.05) is 12.3 Å². The van der Waals surface area contributed by atoms with Crippen molar-refractivity contribution in [2.24, 2.45) is 5.73 Å². The molecule has 1 rings (SSSR count). The van der Waals surface area contributed by atoms with Gasteiger partial charge in [-0.3, -0.25) is 0 Å². The van der Waals surface area contributed by atoms with Crippen LogP contribution in [-0.2, 0) is 0 Å². The number of nitrogen functional groups attached to an aromatic ring is 1. The van der Waals surface area contributed by atoms with Crippen LogP contribution in [0, 0.1) is 5.82 Å². The molecule has 0 aromatic heterocycles. The number of aliphatic hydroxyl groups is 1. The zero-order valence-electron chi connectivity index (χ0n) is 7.50. The zero-order chi connectivity index (χ0) is 10.7. The predicted molar refractivity (Wildman–Crippen MR) is 55.5 cm³/mol. The quantitative estimate of drug-likeness (QED) is 0.436. The maximum Gasteiger partial charge on any atom is 0.146 e. The van der Waals surface area contributed by atoms with E-state index in [4.69, 9.17) is 24.4 Å². The van der Waals surface area contributed by atoms with Crippen molar-refractivity contribution in [3.63, 3.8) is 0 Å². The minimum absolute atomic E-state index is 0.0319. The molecule has 0 spiro atoms. The van der Waals surface area contributed by atoms with Crippen LogP contribution in [0.15, 0.2) is 17.8 Å². The normalized spacial score (nSPS) is 11.7. The average Bonchev–Trinajstić information content (AvgIpc) is 2.13. The molecule has 5 N–H and O–H groups in total. The molecule has 1 aromatic rings. The summed E-state index contributed by atoms with van der Waals surface area (Å²) in [4.78, 5) is 0. The van der Waals surface area contributed by atoms with Gasteiger partial charge in [0.15, 0.2) is 0 Å². The second-order valence-corrected chi connectivity index (χ2v) is 2.88. The highest BCUT2D eigenvalue weighted by atomic mass is 19.1. The zero-order valence-corrected chi connectivity index (χ0v) is 7.50. The standard InChI is InChI=1S/C9H10BFN2O/c10-6-1-5(2-7(12)4-14)9(13)8(11)3-6/h1-3,14H,4,12-13H2/b7-2-. The number of halogens is 1. The maximum atomic E-state index is 13.1. The lowest BCUT2D eigenvalue weighted by Gasteiger charge is -2.05. The molecule has 3 nitrogen and oxygen atoms in total. The van der Waals surface area contributed by atoms with Crippen molar-refractivity contribution in [3.8, 4) is 0 Å². The van der Waals surface area contributed by atoms with Gasteiger partial charge >= 0.3 is 0 Å². The van der Waals surface area contributed by atoms with Gasteiger partial charge in [-0.1, -0.05) is 11.5 Å². The molecule has 0 saturated carbocycles. The molecule has 1 aromatic carbocycles. The molecule has 0 atom stereocenters. The van der Waals surface area contributed by atoms with Crippen LogP contribution in [0.3, 0.4) is 0 Å². The largest absolute Gasteiger partial charge is 0.400 e. The van der Waals surface area contributed by atoms with Crippen LogP contribution in [-0.4, -0.2) is 19.6 Å². The lowest BCUT2D eigenvalue weighted by atomic mass is 9.93. The van der Waals surface area contributed by atoms with Gasteiger partial charge in [0.1, 0.15) is 13.7 Å². The van der Waals surface area contributed by atoms with E-state index in [1.807, 2.05) is 0 Å². The first-order valence-corrected chi connectivity index (χ1v) is 3.96. The summed E-state index contributed by atoms with van der Waals surface area (Å²) in [7, 11) is 5.42. The van der Waals surface area contributed by atoms with Crippen molar-refractivity contribution in [1.29, 1.82) is 0 Å². The van der Waals surface area contributed by atoms with Crippen LogP contribution in [0.5, 0.6) is 0 Å². The molecule has 0 aliphatic rings. The molecule has 0 aliphatic heterocycles. The van der Waals surface area contributed by atoms with Crippen molar-refractivity contribution in [1.82, 2.24) is 0 Å². The Balaban J connectivity index is 3.21. The molecule has 5 heteroatoms. The second-order valence-electron chi connectivity index (χ2n) is 2.88. The Labute approximate surface area is 82.6 Å². The minimum Gasteiger partial charge on any atom is -0.400 e. The van der Waals surface area contributed by atoms with Crippen molar-refractivity contribution < 1.29 is 9.50 Å². The first kappa shape index (κ1) is 10.6. The molecule has 0 fully saturated rings. The number of anilines is 1. The van der Waals surface area contributed by atoms with Crippen LogP contribution in [0.1, 0.15) is 5.56 Å². The van der Waals surface area contributed by atoms with E-state index in [2.05, 4.69) is 0 Å². The summed E-state index contributed by atoms with van der Waals surface area (Å²) in [5.41, 5.74) is 11.6. The van der Waals surface area contributed by atoms with Gasteiger partial charge < -0.3 is 16.6 Å². The van der Waals surface area contributed by atoms with Crippen LogP contribution in [0.25, 0.3) is 6.08 Å². The molecule has 0 amide bonds. The molecular weight excluding hydrogens is 182 g/mol. The highest BCUT2D eigenvalue weighted by Crippen LogP contribution is 2.16. The van der Waals surface area contributed by atoms with E-state index in [-0.39, 0.29) is 23.5 Å². The molecule has 0 bridgehead atoms. The van der Waals surface area contributed by atoms with Gasteiger partial charge in [-0.05, 0) is 12.1 Å². The molecule has 14 heavy (non-hydrogen) atoms.